The minimum atomic E-state index is -0.333. The van der Waals surface area contributed by atoms with Gasteiger partial charge in [0.2, 0.25) is 0 Å². The Hall–Kier alpha value is -1.91. The summed E-state index contributed by atoms with van der Waals surface area (Å²) in [6, 6.07) is 8.10. The van der Waals surface area contributed by atoms with Crippen LogP contribution in [0.15, 0.2) is 24.3 Å². The molecule has 1 unspecified atom stereocenters. The molecule has 1 saturated heterocycles. The number of hydrogen-bond acceptors (Lipinski definition) is 4. The summed E-state index contributed by atoms with van der Waals surface area (Å²) in [5, 5.41) is 2.87. The number of carbonyl (C=O) groups is 1. The molecular formula is C14H20N2O3. The van der Waals surface area contributed by atoms with Crippen molar-refractivity contribution in [3.63, 3.8) is 0 Å². The molecule has 0 bridgehead atoms. The molecule has 19 heavy (non-hydrogen) atoms. The summed E-state index contributed by atoms with van der Waals surface area (Å²) >= 11 is 0. The molecule has 1 N–H and O–H groups in total. The van der Waals surface area contributed by atoms with E-state index in [-0.39, 0.29) is 12.1 Å². The second-order valence-corrected chi connectivity index (χ2v) is 4.50. The Morgan fingerprint density at radius 1 is 1.53 bits per heavy atom. The van der Waals surface area contributed by atoms with Crippen LogP contribution in [0.5, 0.6) is 5.75 Å². The number of ether oxygens (including phenoxy) is 2. The molecule has 1 aliphatic heterocycles. The lowest BCUT2D eigenvalue weighted by molar-refractivity contribution is 0.149. The Bertz CT molecular complexity index is 436. The van der Waals surface area contributed by atoms with Gasteiger partial charge in [0.1, 0.15) is 5.75 Å². The third-order valence-corrected chi connectivity index (χ3v) is 3.20. The number of hydrogen-bond donors (Lipinski definition) is 1. The van der Waals surface area contributed by atoms with E-state index in [1.54, 1.807) is 14.0 Å². The van der Waals surface area contributed by atoms with Gasteiger partial charge < -0.3 is 19.7 Å². The van der Waals surface area contributed by atoms with Gasteiger partial charge in [-0.15, -0.1) is 0 Å². The Kier molecular flexibility index (Phi) is 4.49. The Labute approximate surface area is 113 Å². The van der Waals surface area contributed by atoms with Crippen molar-refractivity contribution < 1.29 is 14.3 Å². The smallest absolute Gasteiger partial charge is 0.407 e. The predicted octanol–water partition coefficient (Wildman–Crippen LogP) is 2.02. The summed E-state index contributed by atoms with van der Waals surface area (Å²) < 4.78 is 10.1. The molecule has 1 fully saturated rings. The van der Waals surface area contributed by atoms with Crippen molar-refractivity contribution in [3.05, 3.63) is 24.3 Å². The summed E-state index contributed by atoms with van der Waals surface area (Å²) in [6.07, 6.45) is 0.593. The quantitative estimate of drug-likeness (QED) is 0.904. The number of nitrogens with zero attached hydrogens (tertiary/aromatic N) is 1. The van der Waals surface area contributed by atoms with E-state index in [2.05, 4.69) is 16.3 Å². The number of benzene rings is 1. The van der Waals surface area contributed by atoms with E-state index in [0.29, 0.717) is 6.61 Å². The van der Waals surface area contributed by atoms with Crippen molar-refractivity contribution in [1.82, 2.24) is 5.32 Å². The van der Waals surface area contributed by atoms with E-state index < -0.39 is 0 Å². The Morgan fingerprint density at radius 3 is 3.11 bits per heavy atom. The van der Waals surface area contributed by atoms with Crippen LogP contribution in [0.4, 0.5) is 10.5 Å². The van der Waals surface area contributed by atoms with Crippen LogP contribution >= 0.6 is 0 Å². The largest absolute Gasteiger partial charge is 0.497 e. The van der Waals surface area contributed by atoms with E-state index in [1.165, 1.54) is 0 Å². The van der Waals surface area contributed by atoms with Gasteiger partial charge in [0, 0.05) is 24.8 Å². The first kappa shape index (κ1) is 13.5. The maximum absolute atomic E-state index is 11.4. The van der Waals surface area contributed by atoms with Gasteiger partial charge in [-0.25, -0.2) is 4.79 Å². The molecular weight excluding hydrogens is 244 g/mol. The number of alkyl carbamates (subject to hydrolysis) is 1. The van der Waals surface area contributed by atoms with Gasteiger partial charge in [-0.2, -0.15) is 0 Å². The zero-order chi connectivity index (χ0) is 13.7. The van der Waals surface area contributed by atoms with Crippen LogP contribution < -0.4 is 15.0 Å². The first-order chi connectivity index (χ1) is 9.22. The molecule has 1 aromatic carbocycles. The standard InChI is InChI=1S/C14H20N2O3/c1-3-19-14(17)15-11-7-8-16(10-11)12-5-4-6-13(9-12)18-2/h4-6,9,11H,3,7-8,10H2,1-2H3,(H,15,17). The summed E-state index contributed by atoms with van der Waals surface area (Å²) in [6.45, 7) is 3.92. The predicted molar refractivity (Wildman–Crippen MR) is 73.8 cm³/mol. The van der Waals surface area contributed by atoms with Crippen LogP contribution in [0.2, 0.25) is 0 Å². The fourth-order valence-corrected chi connectivity index (χ4v) is 2.26. The van der Waals surface area contributed by atoms with Crippen molar-refractivity contribution in [3.8, 4) is 5.75 Å². The second-order valence-electron chi connectivity index (χ2n) is 4.50. The van der Waals surface area contributed by atoms with Gasteiger partial charge in [-0.1, -0.05) is 6.07 Å². The zero-order valence-electron chi connectivity index (χ0n) is 11.4. The Morgan fingerprint density at radius 2 is 2.37 bits per heavy atom. The van der Waals surface area contributed by atoms with Crippen LogP contribution in [0.1, 0.15) is 13.3 Å². The summed E-state index contributed by atoms with van der Waals surface area (Å²) in [4.78, 5) is 13.6. The van der Waals surface area contributed by atoms with Gasteiger partial charge in [0.15, 0.2) is 0 Å². The Balaban J connectivity index is 1.92. The number of nitrogens with one attached hydrogen (secondary N) is 1. The van der Waals surface area contributed by atoms with E-state index in [1.807, 2.05) is 18.2 Å². The zero-order valence-corrected chi connectivity index (χ0v) is 11.4. The highest BCUT2D eigenvalue weighted by molar-refractivity contribution is 5.68. The molecule has 104 valence electrons. The number of amides is 1. The summed E-state index contributed by atoms with van der Waals surface area (Å²) in [5.41, 5.74) is 1.12. The van der Waals surface area contributed by atoms with E-state index in [4.69, 9.17) is 9.47 Å². The molecule has 1 aromatic rings. The van der Waals surface area contributed by atoms with Crippen molar-refractivity contribution >= 4 is 11.8 Å². The lowest BCUT2D eigenvalue weighted by Gasteiger charge is -2.19. The highest BCUT2D eigenvalue weighted by Crippen LogP contribution is 2.24. The van der Waals surface area contributed by atoms with Gasteiger partial charge in [0.05, 0.1) is 19.8 Å². The normalized spacial score (nSPS) is 18.2. The van der Waals surface area contributed by atoms with E-state index in [0.717, 1.165) is 30.9 Å². The highest BCUT2D eigenvalue weighted by Gasteiger charge is 2.24. The van der Waals surface area contributed by atoms with Gasteiger partial charge in [-0.3, -0.25) is 0 Å². The molecule has 2 rings (SSSR count). The fraction of sp³-hybridized carbons (Fsp3) is 0.500. The first-order valence-corrected chi connectivity index (χ1v) is 6.55. The summed E-state index contributed by atoms with van der Waals surface area (Å²) in [5.74, 6) is 0.847. The molecule has 1 atom stereocenters. The molecule has 5 heteroatoms. The van der Waals surface area contributed by atoms with Crippen molar-refractivity contribution in [2.45, 2.75) is 19.4 Å². The number of rotatable bonds is 4. The van der Waals surface area contributed by atoms with Crippen molar-refractivity contribution in [1.29, 1.82) is 0 Å². The first-order valence-electron chi connectivity index (χ1n) is 6.55. The number of methoxy groups -OCH3 is 1. The molecule has 1 heterocycles. The molecule has 0 saturated carbocycles. The van der Waals surface area contributed by atoms with Gasteiger partial charge >= 0.3 is 6.09 Å². The lowest BCUT2D eigenvalue weighted by Crippen LogP contribution is -2.37. The third-order valence-electron chi connectivity index (χ3n) is 3.20. The van der Waals surface area contributed by atoms with E-state index >= 15 is 0 Å². The maximum atomic E-state index is 11.4. The van der Waals surface area contributed by atoms with Gasteiger partial charge in [-0.05, 0) is 25.5 Å². The fourth-order valence-electron chi connectivity index (χ4n) is 2.26. The number of anilines is 1. The summed E-state index contributed by atoms with van der Waals surface area (Å²) in [7, 11) is 1.66. The van der Waals surface area contributed by atoms with Crippen molar-refractivity contribution in [2.75, 3.05) is 31.7 Å². The monoisotopic (exact) mass is 264 g/mol. The molecule has 0 spiro atoms. The van der Waals surface area contributed by atoms with Gasteiger partial charge in [0.25, 0.3) is 0 Å². The van der Waals surface area contributed by atoms with Crippen LogP contribution in [0.25, 0.3) is 0 Å². The highest BCUT2D eigenvalue weighted by atomic mass is 16.5. The number of carbonyl (C=O) groups excluding carboxylic acids is 1. The lowest BCUT2D eigenvalue weighted by atomic mass is 10.2. The SMILES string of the molecule is CCOC(=O)NC1CCN(c2cccc(OC)c2)C1. The minimum absolute atomic E-state index is 0.144. The molecule has 0 aliphatic carbocycles. The van der Waals surface area contributed by atoms with Crippen LogP contribution in [-0.4, -0.2) is 38.9 Å². The van der Waals surface area contributed by atoms with Crippen LogP contribution in [0, 0.1) is 0 Å². The van der Waals surface area contributed by atoms with Crippen molar-refractivity contribution in [2.24, 2.45) is 0 Å². The average Bonchev–Trinajstić information content (AvgIpc) is 2.87. The molecule has 0 aromatic heterocycles. The van der Waals surface area contributed by atoms with E-state index in [9.17, 15) is 4.79 Å². The molecule has 1 aliphatic rings. The average molecular weight is 264 g/mol. The molecule has 0 radical (unpaired) electrons. The van der Waals surface area contributed by atoms with Crippen LogP contribution in [-0.2, 0) is 4.74 Å². The maximum Gasteiger partial charge on any atom is 0.407 e. The topological polar surface area (TPSA) is 50.8 Å². The third kappa shape index (κ3) is 3.53. The molecule has 5 nitrogen and oxygen atoms in total. The molecule has 1 amide bonds. The second kappa shape index (κ2) is 6.31. The minimum Gasteiger partial charge on any atom is -0.497 e. The van der Waals surface area contributed by atoms with Crippen LogP contribution in [0.3, 0.4) is 0 Å².